The SMILES string of the molecule is CCCCCCCCCCCCc1cc(C2=C(F)C(F)=C(c3cc(CCCCCCCCCCCC)c(Br)s3)N3SNC=C23)sc1Br. The Bertz CT molecular complexity index is 1350. The normalized spacial score (nSPS) is 14.8. The molecule has 262 valence electrons. The van der Waals surface area contributed by atoms with Crippen molar-refractivity contribution in [2.24, 2.45) is 0 Å². The fourth-order valence-electron chi connectivity index (χ4n) is 6.44. The number of hydrogen-bond donors (Lipinski definition) is 1. The molecule has 2 aliphatic heterocycles. The Morgan fingerprint density at radius 3 is 1.51 bits per heavy atom. The Morgan fingerprint density at radius 1 is 0.596 bits per heavy atom. The summed E-state index contributed by atoms with van der Waals surface area (Å²) in [5.74, 6) is -1.56. The lowest BCUT2D eigenvalue weighted by molar-refractivity contribution is 0.532. The highest BCUT2D eigenvalue weighted by Gasteiger charge is 2.38. The van der Waals surface area contributed by atoms with Crippen molar-refractivity contribution in [2.45, 2.75) is 155 Å². The fourth-order valence-corrected chi connectivity index (χ4v) is 10.9. The minimum Gasteiger partial charge on any atom is -0.316 e. The summed E-state index contributed by atoms with van der Waals surface area (Å²) in [4.78, 5) is 1.52. The second-order valence-corrected chi connectivity index (χ2v) is 18.6. The lowest BCUT2D eigenvalue weighted by Gasteiger charge is -2.27. The molecule has 4 heterocycles. The van der Waals surface area contributed by atoms with Gasteiger partial charge in [-0.05, 0) is 80.8 Å². The number of unbranched alkanes of at least 4 members (excludes halogenated alkanes) is 18. The van der Waals surface area contributed by atoms with Gasteiger partial charge in [0.2, 0.25) is 0 Å². The van der Waals surface area contributed by atoms with Gasteiger partial charge in [0.25, 0.3) is 0 Å². The molecular weight excluding hydrogens is 778 g/mol. The monoisotopic (exact) mass is 830 g/mol. The van der Waals surface area contributed by atoms with Crippen molar-refractivity contribution < 1.29 is 8.78 Å². The summed E-state index contributed by atoms with van der Waals surface area (Å²) >= 11 is 11.8. The summed E-state index contributed by atoms with van der Waals surface area (Å²) in [6, 6.07) is 4.11. The van der Waals surface area contributed by atoms with Crippen LogP contribution in [-0.2, 0) is 12.8 Å². The van der Waals surface area contributed by atoms with Crippen LogP contribution in [-0.4, -0.2) is 4.31 Å². The number of allylic oxidation sites excluding steroid dienone is 3. The number of aryl methyl sites for hydroxylation is 2. The zero-order valence-electron chi connectivity index (χ0n) is 28.5. The minimum absolute atomic E-state index is 0.300. The van der Waals surface area contributed by atoms with E-state index >= 15 is 8.78 Å². The highest BCUT2D eigenvalue weighted by atomic mass is 79.9. The third kappa shape index (κ3) is 11.7. The maximum atomic E-state index is 16.0. The highest BCUT2D eigenvalue weighted by Crippen LogP contribution is 2.52. The van der Waals surface area contributed by atoms with Gasteiger partial charge in [0.1, 0.15) is 5.70 Å². The maximum Gasteiger partial charge on any atom is 0.185 e. The molecule has 2 aromatic heterocycles. The Kier molecular flexibility index (Phi) is 18.0. The quantitative estimate of drug-likeness (QED) is 0.0838. The third-order valence-corrected chi connectivity index (χ3v) is 14.0. The van der Waals surface area contributed by atoms with Gasteiger partial charge in [-0.1, -0.05) is 129 Å². The largest absolute Gasteiger partial charge is 0.316 e. The van der Waals surface area contributed by atoms with Crippen molar-refractivity contribution in [1.82, 2.24) is 9.03 Å². The van der Waals surface area contributed by atoms with Gasteiger partial charge in [0.15, 0.2) is 11.7 Å². The van der Waals surface area contributed by atoms with E-state index in [0.717, 1.165) is 43.0 Å². The average Bonchev–Trinajstić information content (AvgIpc) is 3.78. The van der Waals surface area contributed by atoms with Gasteiger partial charge in [-0.15, -0.1) is 22.7 Å². The molecule has 2 nitrogen and oxygen atoms in total. The molecule has 1 N–H and O–H groups in total. The Hall–Kier alpha value is -0.610. The molecule has 2 aliphatic rings. The molecule has 0 atom stereocenters. The van der Waals surface area contributed by atoms with Crippen LogP contribution in [0.15, 0.2) is 43.3 Å². The Balaban J connectivity index is 1.33. The number of nitrogens with one attached hydrogen (secondary N) is 1. The topological polar surface area (TPSA) is 15.3 Å². The Labute approximate surface area is 312 Å². The van der Waals surface area contributed by atoms with Crippen LogP contribution in [0.2, 0.25) is 0 Å². The van der Waals surface area contributed by atoms with E-state index in [-0.39, 0.29) is 0 Å². The van der Waals surface area contributed by atoms with Crippen LogP contribution < -0.4 is 4.72 Å². The zero-order chi connectivity index (χ0) is 33.4. The second-order valence-electron chi connectivity index (χ2n) is 13.1. The average molecular weight is 833 g/mol. The van der Waals surface area contributed by atoms with E-state index in [2.05, 4.69) is 62.6 Å². The maximum absolute atomic E-state index is 16.0. The summed E-state index contributed by atoms with van der Waals surface area (Å²) < 4.78 is 39.1. The molecule has 4 rings (SSSR count). The molecule has 0 radical (unpaired) electrons. The van der Waals surface area contributed by atoms with Crippen molar-refractivity contribution in [3.8, 4) is 0 Å². The van der Waals surface area contributed by atoms with Crippen molar-refractivity contribution in [1.29, 1.82) is 0 Å². The molecule has 0 saturated carbocycles. The molecule has 0 bridgehead atoms. The summed E-state index contributed by atoms with van der Waals surface area (Å²) in [5.41, 5.74) is 3.67. The van der Waals surface area contributed by atoms with E-state index in [1.165, 1.54) is 162 Å². The van der Waals surface area contributed by atoms with E-state index in [0.29, 0.717) is 17.0 Å². The summed E-state index contributed by atoms with van der Waals surface area (Å²) in [5, 5.41) is 0. The first-order valence-electron chi connectivity index (χ1n) is 18.3. The third-order valence-electron chi connectivity index (χ3n) is 9.23. The van der Waals surface area contributed by atoms with E-state index < -0.39 is 11.7 Å². The zero-order valence-corrected chi connectivity index (χ0v) is 34.1. The van der Waals surface area contributed by atoms with Gasteiger partial charge >= 0.3 is 0 Å². The molecular formula is C38H54Br2F2N2S3. The molecule has 0 amide bonds. The summed E-state index contributed by atoms with van der Waals surface area (Å²) in [6.07, 6.45) is 29.7. The molecule has 0 aliphatic carbocycles. The van der Waals surface area contributed by atoms with Crippen LogP contribution in [0, 0.1) is 0 Å². The molecule has 0 unspecified atom stereocenters. The smallest absolute Gasteiger partial charge is 0.185 e. The van der Waals surface area contributed by atoms with E-state index in [1.807, 2.05) is 4.31 Å². The number of hydrogen-bond acceptors (Lipinski definition) is 5. The summed E-state index contributed by atoms with van der Waals surface area (Å²) in [7, 11) is 0. The van der Waals surface area contributed by atoms with Crippen molar-refractivity contribution in [3.05, 3.63) is 64.1 Å². The van der Waals surface area contributed by atoms with Gasteiger partial charge < -0.3 is 4.72 Å². The van der Waals surface area contributed by atoms with E-state index in [1.54, 1.807) is 6.20 Å². The van der Waals surface area contributed by atoms with Crippen molar-refractivity contribution >= 4 is 77.9 Å². The van der Waals surface area contributed by atoms with Gasteiger partial charge in [-0.25, -0.2) is 8.78 Å². The number of rotatable bonds is 24. The van der Waals surface area contributed by atoms with Gasteiger partial charge in [-0.2, -0.15) is 0 Å². The first-order chi connectivity index (χ1) is 23.0. The van der Waals surface area contributed by atoms with Gasteiger partial charge in [-0.3, -0.25) is 4.31 Å². The first kappa shape index (κ1) is 39.2. The molecule has 47 heavy (non-hydrogen) atoms. The van der Waals surface area contributed by atoms with Crippen LogP contribution in [0.5, 0.6) is 0 Å². The molecule has 0 fully saturated rings. The van der Waals surface area contributed by atoms with Crippen LogP contribution >= 0.6 is 66.7 Å². The molecule has 0 saturated heterocycles. The minimum atomic E-state index is -0.784. The first-order valence-corrected chi connectivity index (χ1v) is 22.3. The Morgan fingerprint density at radius 2 is 1.02 bits per heavy atom. The number of thiophene rings is 2. The van der Waals surface area contributed by atoms with Crippen molar-refractivity contribution in [3.63, 3.8) is 0 Å². The predicted octanol–water partition coefficient (Wildman–Crippen LogP) is 15.6. The lowest BCUT2D eigenvalue weighted by atomic mass is 10.0. The lowest BCUT2D eigenvalue weighted by Crippen LogP contribution is -2.17. The number of nitrogens with zero attached hydrogens (tertiary/aromatic N) is 1. The molecule has 9 heteroatoms. The van der Waals surface area contributed by atoms with Crippen LogP contribution in [0.25, 0.3) is 11.3 Å². The second kappa shape index (κ2) is 21.6. The van der Waals surface area contributed by atoms with Crippen molar-refractivity contribution in [2.75, 3.05) is 0 Å². The highest BCUT2D eigenvalue weighted by molar-refractivity contribution is 9.11. The van der Waals surface area contributed by atoms with E-state index in [4.69, 9.17) is 0 Å². The standard InChI is InChI=1S/C38H54Br2F2N2S3/c1-3-5-7-9-11-13-15-17-19-21-23-28-25-31(45-37(28)39)33-30-27-43-47-44(30)36(35(42)34(33)41)32-26-29(38(40)46-32)24-22-20-18-16-14-12-10-8-6-4-2/h25-27,43H,3-24H2,1-2H3. The molecule has 0 aromatic carbocycles. The number of halogens is 4. The van der Waals surface area contributed by atoms with Gasteiger partial charge in [0, 0.05) is 11.1 Å². The molecule has 0 spiro atoms. The number of fused-ring (bicyclic) bond motifs is 1. The van der Waals surface area contributed by atoms with Gasteiger partial charge in [0.05, 0.1) is 35.9 Å². The van der Waals surface area contributed by atoms with E-state index in [9.17, 15) is 0 Å². The predicted molar refractivity (Wildman–Crippen MR) is 212 cm³/mol. The van der Waals surface area contributed by atoms with Crippen LogP contribution in [0.1, 0.15) is 163 Å². The fraction of sp³-hybridized carbons (Fsp3) is 0.632. The summed E-state index contributed by atoms with van der Waals surface area (Å²) in [6.45, 7) is 4.53. The van der Waals surface area contributed by atoms with Crippen LogP contribution in [0.4, 0.5) is 8.78 Å². The molecule has 2 aromatic rings. The van der Waals surface area contributed by atoms with Crippen LogP contribution in [0.3, 0.4) is 0 Å².